The van der Waals surface area contributed by atoms with E-state index < -0.39 is 0 Å². The molecule has 21 heavy (non-hydrogen) atoms. The van der Waals surface area contributed by atoms with Crippen molar-refractivity contribution >= 4 is 27.5 Å². The third-order valence-corrected chi connectivity index (χ3v) is 3.49. The predicted octanol–water partition coefficient (Wildman–Crippen LogP) is 3.98. The van der Waals surface area contributed by atoms with Gasteiger partial charge < -0.3 is 10.6 Å². The molecule has 0 saturated heterocycles. The van der Waals surface area contributed by atoms with Crippen LogP contribution >= 0.6 is 15.9 Å². The number of amides is 1. The first-order valence-electron chi connectivity index (χ1n) is 6.66. The molecule has 0 bridgehead atoms. The molecule has 108 valence electrons. The summed E-state index contributed by atoms with van der Waals surface area (Å²) in [5.41, 5.74) is 2.83. The number of benzene rings is 2. The van der Waals surface area contributed by atoms with E-state index in [4.69, 9.17) is 0 Å². The minimum absolute atomic E-state index is 0.0886. The molecule has 1 amide bonds. The Hall–Kier alpha value is -2.07. The molecule has 2 aromatic rings. The van der Waals surface area contributed by atoms with Gasteiger partial charge >= 0.3 is 0 Å². The van der Waals surface area contributed by atoms with Crippen LogP contribution in [0.1, 0.15) is 15.9 Å². The van der Waals surface area contributed by atoms with Crippen LogP contribution in [0.5, 0.6) is 0 Å². The van der Waals surface area contributed by atoms with Crippen molar-refractivity contribution in [1.29, 1.82) is 0 Å². The van der Waals surface area contributed by atoms with Crippen molar-refractivity contribution < 1.29 is 4.79 Å². The molecule has 0 aromatic heterocycles. The maximum absolute atomic E-state index is 11.7. The second-order valence-electron chi connectivity index (χ2n) is 4.56. The van der Waals surface area contributed by atoms with Gasteiger partial charge in [-0.25, -0.2) is 0 Å². The molecule has 0 unspecified atom stereocenters. The number of anilines is 1. The lowest BCUT2D eigenvalue weighted by Gasteiger charge is -2.08. The Bertz CT molecular complexity index is 606. The van der Waals surface area contributed by atoms with Gasteiger partial charge in [0.2, 0.25) is 0 Å². The molecule has 0 saturated carbocycles. The van der Waals surface area contributed by atoms with Gasteiger partial charge in [0, 0.05) is 28.8 Å². The van der Waals surface area contributed by atoms with E-state index >= 15 is 0 Å². The van der Waals surface area contributed by atoms with E-state index in [1.165, 1.54) is 5.56 Å². The van der Waals surface area contributed by atoms with E-state index in [0.29, 0.717) is 12.1 Å². The number of hydrogen-bond acceptors (Lipinski definition) is 2. The molecule has 4 heteroatoms. The molecular weight excluding hydrogens is 328 g/mol. The van der Waals surface area contributed by atoms with Gasteiger partial charge in [-0.15, -0.1) is 6.58 Å². The van der Waals surface area contributed by atoms with Crippen molar-refractivity contribution in [2.24, 2.45) is 0 Å². The zero-order valence-corrected chi connectivity index (χ0v) is 13.2. The Balaban J connectivity index is 1.91. The fourth-order valence-corrected chi connectivity index (χ4v) is 2.08. The first-order valence-corrected chi connectivity index (χ1v) is 7.46. The first kappa shape index (κ1) is 15.3. The maximum atomic E-state index is 11.7. The summed E-state index contributed by atoms with van der Waals surface area (Å²) in [4.78, 5) is 11.7. The van der Waals surface area contributed by atoms with Crippen LogP contribution in [0.3, 0.4) is 0 Å². The largest absolute Gasteiger partial charge is 0.381 e. The van der Waals surface area contributed by atoms with E-state index in [9.17, 15) is 4.79 Å². The molecule has 0 aliphatic carbocycles. The highest BCUT2D eigenvalue weighted by Crippen LogP contribution is 2.14. The lowest BCUT2D eigenvalue weighted by molar-refractivity contribution is 0.0958. The summed E-state index contributed by atoms with van der Waals surface area (Å²) in [5, 5.41) is 6.08. The van der Waals surface area contributed by atoms with Crippen LogP contribution in [0.2, 0.25) is 0 Å². The summed E-state index contributed by atoms with van der Waals surface area (Å²) in [6.07, 6.45) is 1.66. The van der Waals surface area contributed by atoms with Crippen LogP contribution in [-0.4, -0.2) is 12.5 Å². The molecule has 3 nitrogen and oxygen atoms in total. The topological polar surface area (TPSA) is 41.1 Å². The fraction of sp³-hybridized carbons (Fsp3) is 0.118. The zero-order valence-electron chi connectivity index (χ0n) is 11.6. The molecule has 2 aromatic carbocycles. The number of nitrogens with one attached hydrogen (secondary N) is 2. The van der Waals surface area contributed by atoms with Gasteiger partial charge in [0.15, 0.2) is 0 Å². The molecule has 0 aliphatic heterocycles. The van der Waals surface area contributed by atoms with Gasteiger partial charge in [0.25, 0.3) is 5.91 Å². The third kappa shape index (κ3) is 4.76. The Kier molecular flexibility index (Phi) is 5.58. The highest BCUT2D eigenvalue weighted by atomic mass is 79.9. The van der Waals surface area contributed by atoms with Crippen molar-refractivity contribution in [2.75, 3.05) is 11.9 Å². The zero-order chi connectivity index (χ0) is 15.1. The van der Waals surface area contributed by atoms with Gasteiger partial charge in [-0.2, -0.15) is 0 Å². The molecule has 0 spiro atoms. The maximum Gasteiger partial charge on any atom is 0.251 e. The Morgan fingerprint density at radius 3 is 2.38 bits per heavy atom. The summed E-state index contributed by atoms with van der Waals surface area (Å²) < 4.78 is 1.07. The summed E-state index contributed by atoms with van der Waals surface area (Å²) in [7, 11) is 0. The molecule has 2 rings (SSSR count). The van der Waals surface area contributed by atoms with Gasteiger partial charge in [-0.05, 0) is 42.0 Å². The van der Waals surface area contributed by atoms with Gasteiger partial charge in [-0.3, -0.25) is 4.79 Å². The van der Waals surface area contributed by atoms with Gasteiger partial charge in [0.05, 0.1) is 0 Å². The third-order valence-electron chi connectivity index (χ3n) is 2.96. The molecule has 0 heterocycles. The summed E-state index contributed by atoms with van der Waals surface area (Å²) in [6.45, 7) is 4.79. The Morgan fingerprint density at radius 1 is 1.10 bits per heavy atom. The molecule has 2 N–H and O–H groups in total. The molecular formula is C17H17BrN2O. The smallest absolute Gasteiger partial charge is 0.251 e. The predicted molar refractivity (Wildman–Crippen MR) is 90.4 cm³/mol. The van der Waals surface area contributed by atoms with Crippen LogP contribution in [0, 0.1) is 0 Å². The lowest BCUT2D eigenvalue weighted by atomic mass is 10.2. The van der Waals surface area contributed by atoms with E-state index in [1.807, 2.05) is 36.4 Å². The van der Waals surface area contributed by atoms with Crippen LogP contribution in [0.4, 0.5) is 5.69 Å². The van der Waals surface area contributed by atoms with E-state index in [-0.39, 0.29) is 5.91 Å². The normalized spacial score (nSPS) is 9.95. The minimum atomic E-state index is -0.0886. The highest BCUT2D eigenvalue weighted by Gasteiger charge is 2.03. The number of rotatable bonds is 6. The fourth-order valence-electron chi connectivity index (χ4n) is 1.81. The number of halogens is 1. The number of carbonyl (C=O) groups excluding carboxylic acids is 1. The van der Waals surface area contributed by atoms with Crippen molar-refractivity contribution in [3.8, 4) is 0 Å². The second kappa shape index (κ2) is 7.64. The molecule has 0 aliphatic rings. The van der Waals surface area contributed by atoms with Crippen LogP contribution < -0.4 is 10.6 Å². The van der Waals surface area contributed by atoms with Crippen molar-refractivity contribution in [3.05, 3.63) is 76.8 Å². The van der Waals surface area contributed by atoms with E-state index in [1.54, 1.807) is 6.08 Å². The number of hydrogen-bond donors (Lipinski definition) is 2. The molecule has 0 atom stereocenters. The summed E-state index contributed by atoms with van der Waals surface area (Å²) in [5.74, 6) is -0.0886. The summed E-state index contributed by atoms with van der Waals surface area (Å²) >= 11 is 3.42. The number of carbonyl (C=O) groups is 1. The SMILES string of the molecule is C=CCNC(=O)c1ccc(NCc2ccc(Br)cc2)cc1. The lowest BCUT2D eigenvalue weighted by Crippen LogP contribution is -2.23. The standard InChI is InChI=1S/C17H17BrN2O/c1-2-11-19-17(21)14-5-9-16(10-6-14)20-12-13-3-7-15(18)8-4-13/h2-10,20H,1,11-12H2,(H,19,21). The summed E-state index contributed by atoms with van der Waals surface area (Å²) in [6, 6.07) is 15.6. The van der Waals surface area contributed by atoms with Crippen LogP contribution in [0.25, 0.3) is 0 Å². The van der Waals surface area contributed by atoms with E-state index in [2.05, 4.69) is 45.3 Å². The average Bonchev–Trinajstić information content (AvgIpc) is 2.52. The van der Waals surface area contributed by atoms with Crippen molar-refractivity contribution in [3.63, 3.8) is 0 Å². The van der Waals surface area contributed by atoms with Gasteiger partial charge in [0.1, 0.15) is 0 Å². The minimum Gasteiger partial charge on any atom is -0.381 e. The molecule has 0 radical (unpaired) electrons. The van der Waals surface area contributed by atoms with Crippen LogP contribution in [0.15, 0.2) is 65.7 Å². The second-order valence-corrected chi connectivity index (χ2v) is 5.47. The molecule has 0 fully saturated rings. The van der Waals surface area contributed by atoms with E-state index in [0.717, 1.165) is 16.7 Å². The first-order chi connectivity index (χ1) is 10.2. The van der Waals surface area contributed by atoms with Gasteiger partial charge in [-0.1, -0.05) is 34.1 Å². The monoisotopic (exact) mass is 344 g/mol. The highest BCUT2D eigenvalue weighted by molar-refractivity contribution is 9.10. The quantitative estimate of drug-likeness (QED) is 0.778. The van der Waals surface area contributed by atoms with Crippen molar-refractivity contribution in [1.82, 2.24) is 5.32 Å². The Labute approximate surface area is 133 Å². The Morgan fingerprint density at radius 2 is 1.76 bits per heavy atom. The average molecular weight is 345 g/mol. The van der Waals surface area contributed by atoms with Crippen LogP contribution in [-0.2, 0) is 6.54 Å². The van der Waals surface area contributed by atoms with Crippen molar-refractivity contribution in [2.45, 2.75) is 6.54 Å².